The summed E-state index contributed by atoms with van der Waals surface area (Å²) in [7, 11) is 0. The second-order valence-electron chi connectivity index (χ2n) is 6.60. The minimum Gasteiger partial charge on any atom is -0.462 e. The van der Waals surface area contributed by atoms with E-state index in [9.17, 15) is 9.59 Å². The van der Waals surface area contributed by atoms with Crippen molar-refractivity contribution in [1.82, 2.24) is 15.0 Å². The average Bonchev–Trinajstić information content (AvgIpc) is 3.07. The molecule has 0 aromatic carbocycles. The number of hydrogen-bond donors (Lipinski definition) is 1. The molecule has 0 bridgehead atoms. The van der Waals surface area contributed by atoms with Gasteiger partial charge in [-0.3, -0.25) is 4.79 Å². The standard InChI is InChI=1S/C20H23N3O3S2/c1-7-26-20(25)17-11(4)21-10(3)16(17)14(24)8-27-18-15-9(2)12(5)28-19(15)23-13(6)22-18/h21H,7-8H2,1-6H3. The Labute approximate surface area is 172 Å². The van der Waals surface area contributed by atoms with Gasteiger partial charge in [0.1, 0.15) is 15.7 Å². The Morgan fingerprint density at radius 1 is 1.07 bits per heavy atom. The molecule has 3 aromatic rings. The van der Waals surface area contributed by atoms with Gasteiger partial charge < -0.3 is 9.72 Å². The first-order valence-corrected chi connectivity index (χ1v) is 10.8. The van der Waals surface area contributed by atoms with Crippen molar-refractivity contribution in [3.05, 3.63) is 38.8 Å². The lowest BCUT2D eigenvalue weighted by molar-refractivity contribution is 0.0522. The van der Waals surface area contributed by atoms with Gasteiger partial charge in [-0.25, -0.2) is 14.8 Å². The Hall–Kier alpha value is -2.19. The molecule has 3 rings (SSSR count). The van der Waals surface area contributed by atoms with Crippen LogP contribution >= 0.6 is 23.1 Å². The zero-order chi connectivity index (χ0) is 20.6. The van der Waals surface area contributed by atoms with Crippen LogP contribution in [0.1, 0.15) is 55.3 Å². The molecule has 28 heavy (non-hydrogen) atoms. The number of carbonyl (C=O) groups is 2. The number of Topliss-reactive ketones (excluding diaryl/α,β-unsaturated/α-hetero) is 1. The number of ether oxygens (including phenoxy) is 1. The van der Waals surface area contributed by atoms with Crippen molar-refractivity contribution >= 4 is 45.1 Å². The first-order valence-electron chi connectivity index (χ1n) is 9.01. The molecule has 0 aliphatic heterocycles. The number of hydrogen-bond acceptors (Lipinski definition) is 7. The Balaban J connectivity index is 1.92. The first kappa shape index (κ1) is 20.5. The summed E-state index contributed by atoms with van der Waals surface area (Å²) >= 11 is 3.03. The Morgan fingerprint density at radius 3 is 2.43 bits per heavy atom. The number of carbonyl (C=O) groups excluding carboxylic acids is 2. The molecule has 8 heteroatoms. The van der Waals surface area contributed by atoms with Gasteiger partial charge >= 0.3 is 5.97 Å². The van der Waals surface area contributed by atoms with Crippen molar-refractivity contribution in [3.63, 3.8) is 0 Å². The monoisotopic (exact) mass is 417 g/mol. The highest BCUT2D eigenvalue weighted by Crippen LogP contribution is 2.35. The molecule has 6 nitrogen and oxygen atoms in total. The number of thiophene rings is 1. The Bertz CT molecular complexity index is 1080. The molecule has 3 aromatic heterocycles. The molecular formula is C20H23N3O3S2. The SMILES string of the molecule is CCOC(=O)c1c(C)[nH]c(C)c1C(=O)CSc1nc(C)nc2sc(C)c(C)c12. The Kier molecular flexibility index (Phi) is 5.90. The molecule has 0 fully saturated rings. The summed E-state index contributed by atoms with van der Waals surface area (Å²) in [6, 6.07) is 0. The lowest BCUT2D eigenvalue weighted by Gasteiger charge is -2.07. The fraction of sp³-hybridized carbons (Fsp3) is 0.400. The van der Waals surface area contributed by atoms with Crippen LogP contribution in [0, 0.1) is 34.6 Å². The first-order chi connectivity index (χ1) is 13.2. The topological polar surface area (TPSA) is 84.9 Å². The molecule has 0 radical (unpaired) electrons. The minimum absolute atomic E-state index is 0.121. The number of esters is 1. The molecule has 0 saturated heterocycles. The largest absolute Gasteiger partial charge is 0.462 e. The third-order valence-corrected chi connectivity index (χ3v) is 6.66. The molecule has 0 amide bonds. The highest BCUT2D eigenvalue weighted by Gasteiger charge is 2.26. The summed E-state index contributed by atoms with van der Waals surface area (Å²) in [4.78, 5) is 39.6. The smallest absolute Gasteiger partial charge is 0.340 e. The number of aromatic nitrogens is 3. The number of aryl methyl sites for hydroxylation is 5. The summed E-state index contributed by atoms with van der Waals surface area (Å²) < 4.78 is 5.13. The summed E-state index contributed by atoms with van der Waals surface area (Å²) in [6.45, 7) is 11.6. The Morgan fingerprint density at radius 2 is 1.75 bits per heavy atom. The lowest BCUT2D eigenvalue weighted by atomic mass is 10.1. The molecular weight excluding hydrogens is 394 g/mol. The highest BCUT2D eigenvalue weighted by atomic mass is 32.2. The maximum absolute atomic E-state index is 13.0. The highest BCUT2D eigenvalue weighted by molar-refractivity contribution is 8.00. The summed E-state index contributed by atoms with van der Waals surface area (Å²) in [6.07, 6.45) is 0. The van der Waals surface area contributed by atoms with E-state index >= 15 is 0 Å². The quantitative estimate of drug-likeness (QED) is 0.270. The van der Waals surface area contributed by atoms with Gasteiger partial charge in [0.05, 0.1) is 23.5 Å². The normalized spacial score (nSPS) is 11.2. The van der Waals surface area contributed by atoms with Gasteiger partial charge in [-0.05, 0) is 47.1 Å². The van der Waals surface area contributed by atoms with E-state index in [0.29, 0.717) is 28.3 Å². The number of fused-ring (bicyclic) bond motifs is 1. The molecule has 1 N–H and O–H groups in total. The number of nitrogens with zero attached hydrogens (tertiary/aromatic N) is 2. The number of aromatic amines is 1. The van der Waals surface area contributed by atoms with Gasteiger partial charge in [0.15, 0.2) is 5.78 Å². The van der Waals surface area contributed by atoms with Crippen LogP contribution in [0.3, 0.4) is 0 Å². The average molecular weight is 418 g/mol. The number of thioether (sulfide) groups is 1. The molecule has 0 aliphatic rings. The van der Waals surface area contributed by atoms with Crippen LogP contribution in [-0.2, 0) is 4.74 Å². The van der Waals surface area contributed by atoms with Crippen LogP contribution in [0.2, 0.25) is 0 Å². The molecule has 0 unspecified atom stereocenters. The maximum atomic E-state index is 13.0. The van der Waals surface area contributed by atoms with E-state index in [-0.39, 0.29) is 18.1 Å². The van der Waals surface area contributed by atoms with E-state index in [1.54, 1.807) is 32.1 Å². The molecule has 148 valence electrons. The van der Waals surface area contributed by atoms with E-state index in [1.165, 1.54) is 16.6 Å². The molecule has 0 saturated carbocycles. The third-order valence-electron chi connectivity index (χ3n) is 4.58. The molecule has 3 heterocycles. The van der Waals surface area contributed by atoms with Gasteiger partial charge in [0.25, 0.3) is 0 Å². The van der Waals surface area contributed by atoms with E-state index < -0.39 is 5.97 Å². The zero-order valence-corrected chi connectivity index (χ0v) is 18.5. The zero-order valence-electron chi connectivity index (χ0n) is 16.8. The maximum Gasteiger partial charge on any atom is 0.340 e. The summed E-state index contributed by atoms with van der Waals surface area (Å²) in [5, 5.41) is 1.82. The predicted molar refractivity (Wildman–Crippen MR) is 113 cm³/mol. The van der Waals surface area contributed by atoms with Gasteiger partial charge in [-0.1, -0.05) is 11.8 Å². The van der Waals surface area contributed by atoms with Crippen LogP contribution in [0.25, 0.3) is 10.2 Å². The van der Waals surface area contributed by atoms with E-state index in [0.717, 1.165) is 20.8 Å². The van der Waals surface area contributed by atoms with Crippen LogP contribution < -0.4 is 0 Å². The van der Waals surface area contributed by atoms with Crippen molar-refractivity contribution in [3.8, 4) is 0 Å². The van der Waals surface area contributed by atoms with Crippen LogP contribution in [0.15, 0.2) is 5.03 Å². The fourth-order valence-electron chi connectivity index (χ4n) is 3.21. The number of rotatable bonds is 6. The second kappa shape index (κ2) is 8.05. The van der Waals surface area contributed by atoms with Crippen LogP contribution in [-0.4, -0.2) is 39.1 Å². The summed E-state index contributed by atoms with van der Waals surface area (Å²) in [5.74, 6) is 0.278. The van der Waals surface area contributed by atoms with Crippen molar-refractivity contribution in [2.75, 3.05) is 12.4 Å². The fourth-order valence-corrected chi connectivity index (χ4v) is 5.36. The van der Waals surface area contributed by atoms with E-state index in [2.05, 4.69) is 28.8 Å². The molecule has 0 atom stereocenters. The van der Waals surface area contributed by atoms with Crippen molar-refractivity contribution < 1.29 is 14.3 Å². The van der Waals surface area contributed by atoms with E-state index in [1.807, 2.05) is 6.92 Å². The molecule has 0 aliphatic carbocycles. The van der Waals surface area contributed by atoms with Crippen LogP contribution in [0.5, 0.6) is 0 Å². The second-order valence-corrected chi connectivity index (χ2v) is 8.76. The van der Waals surface area contributed by atoms with Gasteiger partial charge in [0, 0.05) is 21.7 Å². The van der Waals surface area contributed by atoms with Crippen molar-refractivity contribution in [1.29, 1.82) is 0 Å². The number of ketones is 1. The van der Waals surface area contributed by atoms with Crippen molar-refractivity contribution in [2.45, 2.75) is 46.6 Å². The van der Waals surface area contributed by atoms with Crippen LogP contribution in [0.4, 0.5) is 0 Å². The van der Waals surface area contributed by atoms with Gasteiger partial charge in [0.2, 0.25) is 0 Å². The number of H-pyrrole nitrogens is 1. The van der Waals surface area contributed by atoms with Gasteiger partial charge in [-0.15, -0.1) is 11.3 Å². The van der Waals surface area contributed by atoms with E-state index in [4.69, 9.17) is 4.74 Å². The predicted octanol–water partition coefficient (Wildman–Crippen LogP) is 4.71. The minimum atomic E-state index is -0.470. The molecule has 0 spiro atoms. The third kappa shape index (κ3) is 3.71. The number of nitrogens with one attached hydrogen (secondary N) is 1. The summed E-state index contributed by atoms with van der Waals surface area (Å²) in [5.41, 5.74) is 3.21. The van der Waals surface area contributed by atoms with Gasteiger partial charge in [-0.2, -0.15) is 0 Å². The lowest BCUT2D eigenvalue weighted by Crippen LogP contribution is -2.13. The van der Waals surface area contributed by atoms with Crippen molar-refractivity contribution in [2.24, 2.45) is 0 Å².